The minimum atomic E-state index is -0.408. The van der Waals surface area contributed by atoms with Crippen LogP contribution in [-0.4, -0.2) is 42.7 Å². The van der Waals surface area contributed by atoms with Crippen LogP contribution in [0.25, 0.3) is 0 Å². The molecule has 1 saturated heterocycles. The predicted molar refractivity (Wildman–Crippen MR) is 91.9 cm³/mol. The molecular formula is C16H24ClN3O3. The molecule has 0 bridgehead atoms. The zero-order chi connectivity index (χ0) is 16.1. The van der Waals surface area contributed by atoms with E-state index in [0.29, 0.717) is 30.9 Å². The summed E-state index contributed by atoms with van der Waals surface area (Å²) < 4.78 is 0. The standard InChI is InChI=1S/C16H23N3O3.ClH/c1-10(2)15(21)19-13-5-3-11(4-6-13)16(22)18-8-12-7-17-9-14(12)20;/h3-6,10,12,14,17,20H,7-9H2,1-2H3,(H,18,22)(H,19,21);1H. The Bertz CT molecular complexity index is 534. The van der Waals surface area contributed by atoms with Gasteiger partial charge in [-0.05, 0) is 24.3 Å². The number of carbonyl (C=O) groups excluding carboxylic acids is 2. The van der Waals surface area contributed by atoms with Crippen molar-refractivity contribution in [2.24, 2.45) is 11.8 Å². The molecule has 4 N–H and O–H groups in total. The molecule has 1 fully saturated rings. The van der Waals surface area contributed by atoms with Crippen LogP contribution in [0, 0.1) is 11.8 Å². The summed E-state index contributed by atoms with van der Waals surface area (Å²) in [6.45, 7) is 5.37. The lowest BCUT2D eigenvalue weighted by Gasteiger charge is -2.14. The molecule has 2 amide bonds. The Balaban J connectivity index is 0.00000264. The average Bonchev–Trinajstić information content (AvgIpc) is 2.90. The van der Waals surface area contributed by atoms with Crippen molar-refractivity contribution < 1.29 is 14.7 Å². The Morgan fingerprint density at radius 1 is 1.26 bits per heavy atom. The number of hydrogen-bond donors (Lipinski definition) is 4. The SMILES string of the molecule is CC(C)C(=O)Nc1ccc(C(=O)NCC2CNCC2O)cc1.Cl. The maximum absolute atomic E-state index is 12.0. The molecule has 6 nitrogen and oxygen atoms in total. The van der Waals surface area contributed by atoms with Gasteiger partial charge in [0.1, 0.15) is 0 Å². The lowest BCUT2D eigenvalue weighted by molar-refractivity contribution is -0.118. The molecule has 0 aliphatic carbocycles. The first-order valence-corrected chi connectivity index (χ1v) is 7.55. The van der Waals surface area contributed by atoms with E-state index in [1.807, 2.05) is 13.8 Å². The van der Waals surface area contributed by atoms with Gasteiger partial charge in [-0.3, -0.25) is 9.59 Å². The van der Waals surface area contributed by atoms with Crippen molar-refractivity contribution in [1.82, 2.24) is 10.6 Å². The highest BCUT2D eigenvalue weighted by Gasteiger charge is 2.25. The number of carbonyl (C=O) groups is 2. The van der Waals surface area contributed by atoms with Gasteiger partial charge in [0.2, 0.25) is 5.91 Å². The second kappa shape index (κ2) is 8.86. The zero-order valence-electron chi connectivity index (χ0n) is 13.3. The van der Waals surface area contributed by atoms with Crippen LogP contribution >= 0.6 is 12.4 Å². The van der Waals surface area contributed by atoms with Gasteiger partial charge in [-0.1, -0.05) is 13.8 Å². The molecule has 1 aliphatic rings. The lowest BCUT2D eigenvalue weighted by atomic mass is 10.1. The van der Waals surface area contributed by atoms with Gasteiger partial charge in [-0.2, -0.15) is 0 Å². The number of rotatable bonds is 5. The molecule has 2 rings (SSSR count). The molecule has 0 spiro atoms. The third-order valence-corrected chi connectivity index (χ3v) is 3.77. The first kappa shape index (κ1) is 19.4. The van der Waals surface area contributed by atoms with Gasteiger partial charge < -0.3 is 21.1 Å². The van der Waals surface area contributed by atoms with E-state index in [1.54, 1.807) is 24.3 Å². The Morgan fingerprint density at radius 2 is 1.91 bits per heavy atom. The first-order valence-electron chi connectivity index (χ1n) is 7.55. The van der Waals surface area contributed by atoms with Gasteiger partial charge in [-0.25, -0.2) is 0 Å². The Hall–Kier alpha value is -1.63. The van der Waals surface area contributed by atoms with Crippen molar-refractivity contribution in [2.45, 2.75) is 20.0 Å². The number of benzene rings is 1. The Labute approximate surface area is 142 Å². The summed E-state index contributed by atoms with van der Waals surface area (Å²) >= 11 is 0. The fourth-order valence-electron chi connectivity index (χ4n) is 2.24. The maximum atomic E-state index is 12.0. The second-order valence-electron chi connectivity index (χ2n) is 5.92. The van der Waals surface area contributed by atoms with E-state index in [0.717, 1.165) is 0 Å². The molecule has 1 aromatic rings. The van der Waals surface area contributed by atoms with Gasteiger partial charge in [-0.15, -0.1) is 12.4 Å². The molecule has 1 aromatic carbocycles. The normalized spacial score (nSPS) is 20.0. The number of anilines is 1. The van der Waals surface area contributed by atoms with Gasteiger partial charge in [0, 0.05) is 42.7 Å². The highest BCUT2D eigenvalue weighted by atomic mass is 35.5. The quantitative estimate of drug-likeness (QED) is 0.643. The summed E-state index contributed by atoms with van der Waals surface area (Å²) in [5.74, 6) is -0.274. The van der Waals surface area contributed by atoms with E-state index in [2.05, 4.69) is 16.0 Å². The fraction of sp³-hybridized carbons (Fsp3) is 0.500. The summed E-state index contributed by atoms with van der Waals surface area (Å²) in [4.78, 5) is 23.6. The molecule has 128 valence electrons. The predicted octanol–water partition coefficient (Wildman–Crippen LogP) is 1.01. The number of hydrogen-bond acceptors (Lipinski definition) is 4. The van der Waals surface area contributed by atoms with Crippen LogP contribution in [0.5, 0.6) is 0 Å². The largest absolute Gasteiger partial charge is 0.391 e. The first-order chi connectivity index (χ1) is 10.5. The molecular weight excluding hydrogens is 318 g/mol. The van der Waals surface area contributed by atoms with E-state index in [4.69, 9.17) is 0 Å². The zero-order valence-corrected chi connectivity index (χ0v) is 14.2. The molecule has 2 atom stereocenters. The van der Waals surface area contributed by atoms with Gasteiger partial charge in [0.15, 0.2) is 0 Å². The number of halogens is 1. The average molecular weight is 342 g/mol. The van der Waals surface area contributed by atoms with Crippen molar-refractivity contribution in [3.05, 3.63) is 29.8 Å². The van der Waals surface area contributed by atoms with Gasteiger partial charge >= 0.3 is 0 Å². The van der Waals surface area contributed by atoms with Crippen LogP contribution in [0.15, 0.2) is 24.3 Å². The second-order valence-corrected chi connectivity index (χ2v) is 5.92. The number of β-amino-alcohol motifs (C(OH)–C–C–N with tert-alkyl or cyclic N) is 1. The number of amides is 2. The topological polar surface area (TPSA) is 90.5 Å². The van der Waals surface area contributed by atoms with Crippen molar-refractivity contribution in [3.63, 3.8) is 0 Å². The molecule has 23 heavy (non-hydrogen) atoms. The number of aliphatic hydroxyl groups excluding tert-OH is 1. The smallest absolute Gasteiger partial charge is 0.251 e. The van der Waals surface area contributed by atoms with Crippen LogP contribution in [-0.2, 0) is 4.79 Å². The van der Waals surface area contributed by atoms with E-state index >= 15 is 0 Å². The van der Waals surface area contributed by atoms with E-state index in [-0.39, 0.29) is 36.1 Å². The molecule has 0 radical (unpaired) electrons. The highest BCUT2D eigenvalue weighted by molar-refractivity contribution is 5.96. The van der Waals surface area contributed by atoms with Crippen LogP contribution in [0.2, 0.25) is 0 Å². The van der Waals surface area contributed by atoms with Crippen molar-refractivity contribution >= 4 is 29.9 Å². The highest BCUT2D eigenvalue weighted by Crippen LogP contribution is 2.12. The van der Waals surface area contributed by atoms with Crippen LogP contribution in [0.1, 0.15) is 24.2 Å². The molecule has 0 aromatic heterocycles. The molecule has 1 aliphatic heterocycles. The minimum absolute atomic E-state index is 0. The van der Waals surface area contributed by atoms with Crippen LogP contribution in [0.4, 0.5) is 5.69 Å². The Kier molecular flexibility index (Phi) is 7.48. The maximum Gasteiger partial charge on any atom is 0.251 e. The lowest BCUT2D eigenvalue weighted by Crippen LogP contribution is -2.34. The molecule has 0 saturated carbocycles. The van der Waals surface area contributed by atoms with Gasteiger partial charge in [0.05, 0.1) is 6.10 Å². The van der Waals surface area contributed by atoms with Crippen molar-refractivity contribution in [2.75, 3.05) is 25.0 Å². The molecule has 7 heteroatoms. The van der Waals surface area contributed by atoms with E-state index in [1.165, 1.54) is 0 Å². The van der Waals surface area contributed by atoms with Crippen molar-refractivity contribution in [3.8, 4) is 0 Å². The number of aliphatic hydroxyl groups is 1. The third kappa shape index (κ3) is 5.49. The minimum Gasteiger partial charge on any atom is -0.391 e. The van der Waals surface area contributed by atoms with Gasteiger partial charge in [0.25, 0.3) is 5.91 Å². The summed E-state index contributed by atoms with van der Waals surface area (Å²) in [5.41, 5.74) is 1.20. The van der Waals surface area contributed by atoms with E-state index in [9.17, 15) is 14.7 Å². The fourth-order valence-corrected chi connectivity index (χ4v) is 2.24. The van der Waals surface area contributed by atoms with Crippen LogP contribution < -0.4 is 16.0 Å². The molecule has 2 unspecified atom stereocenters. The summed E-state index contributed by atoms with van der Waals surface area (Å²) in [5, 5.41) is 18.4. The Morgan fingerprint density at radius 3 is 2.43 bits per heavy atom. The third-order valence-electron chi connectivity index (χ3n) is 3.77. The van der Waals surface area contributed by atoms with Crippen molar-refractivity contribution in [1.29, 1.82) is 0 Å². The monoisotopic (exact) mass is 341 g/mol. The molecule has 1 heterocycles. The summed E-state index contributed by atoms with van der Waals surface area (Å²) in [6.07, 6.45) is -0.408. The van der Waals surface area contributed by atoms with Crippen LogP contribution in [0.3, 0.4) is 0 Å². The summed E-state index contributed by atoms with van der Waals surface area (Å²) in [7, 11) is 0. The number of nitrogens with one attached hydrogen (secondary N) is 3. The van der Waals surface area contributed by atoms with E-state index < -0.39 is 6.10 Å². The summed E-state index contributed by atoms with van der Waals surface area (Å²) in [6, 6.07) is 6.77.